The normalized spacial score (nSPS) is 17.8. The van der Waals surface area contributed by atoms with Crippen LogP contribution in [0, 0.1) is 0 Å². The summed E-state index contributed by atoms with van der Waals surface area (Å²) < 4.78 is 10.6. The van der Waals surface area contributed by atoms with Gasteiger partial charge in [0, 0.05) is 6.04 Å². The van der Waals surface area contributed by atoms with Crippen molar-refractivity contribution in [3.05, 3.63) is 0 Å². The second-order valence-electron chi connectivity index (χ2n) is 5.17. The first-order chi connectivity index (χ1) is 8.23. The summed E-state index contributed by atoms with van der Waals surface area (Å²) in [6.07, 6.45) is 6.82. The van der Waals surface area contributed by atoms with E-state index in [0.717, 1.165) is 0 Å². The van der Waals surface area contributed by atoms with Gasteiger partial charge >= 0.3 is 0 Å². The third kappa shape index (κ3) is 11.9. The summed E-state index contributed by atoms with van der Waals surface area (Å²) in [4.78, 5) is 0. The number of hydrogen-bond acceptors (Lipinski definition) is 4. The van der Waals surface area contributed by atoms with Crippen LogP contribution >= 0.6 is 17.9 Å². The van der Waals surface area contributed by atoms with Crippen LogP contribution in [-0.2, 0) is 20.9 Å². The fourth-order valence-corrected chi connectivity index (χ4v) is 4.97. The minimum atomic E-state index is -2.28. The van der Waals surface area contributed by atoms with Gasteiger partial charge in [0.05, 0.1) is 12.2 Å². The molecule has 1 aliphatic carbocycles. The number of rotatable bonds is 4. The molecule has 1 saturated carbocycles. The smallest absolute Gasteiger partial charge is 0.244 e. The molecule has 18 heavy (non-hydrogen) atoms. The van der Waals surface area contributed by atoms with E-state index in [2.05, 4.69) is 12.2 Å². The van der Waals surface area contributed by atoms with Gasteiger partial charge in [0.1, 0.15) is 0 Å². The zero-order valence-electron chi connectivity index (χ0n) is 12.0. The van der Waals surface area contributed by atoms with Gasteiger partial charge in [-0.25, -0.2) is 0 Å². The highest BCUT2D eigenvalue weighted by Crippen LogP contribution is 2.55. The molecule has 6 heteroatoms. The minimum absolute atomic E-state index is 0.0806. The van der Waals surface area contributed by atoms with E-state index in [0.29, 0.717) is 6.04 Å². The molecule has 0 aromatic carbocycles. The maximum atomic E-state index is 5.63. The fraction of sp³-hybridized carbons (Fsp3) is 1.00. The Morgan fingerprint density at radius 3 is 1.67 bits per heavy atom. The van der Waals surface area contributed by atoms with Gasteiger partial charge in [-0.2, -0.15) is 0 Å². The van der Waals surface area contributed by atoms with Crippen molar-refractivity contribution in [3.63, 3.8) is 0 Å². The molecule has 0 radical (unpaired) electrons. The Hall–Kier alpha value is 0.880. The Kier molecular flexibility index (Phi) is 10.2. The zero-order valence-corrected chi connectivity index (χ0v) is 14.6. The highest BCUT2D eigenvalue weighted by molar-refractivity contribution is 8.60. The SMILES string of the molecule is CC(C)OP(=S)(S)OC(C)C.NC1CCCCC1. The quantitative estimate of drug-likeness (QED) is 0.601. The molecule has 0 bridgehead atoms. The van der Waals surface area contributed by atoms with Crippen molar-refractivity contribution in [3.8, 4) is 0 Å². The van der Waals surface area contributed by atoms with E-state index < -0.39 is 5.69 Å². The molecule has 3 nitrogen and oxygen atoms in total. The Balaban J connectivity index is 0.000000351. The van der Waals surface area contributed by atoms with Crippen LogP contribution in [0.1, 0.15) is 59.8 Å². The van der Waals surface area contributed by atoms with E-state index >= 15 is 0 Å². The van der Waals surface area contributed by atoms with Crippen LogP contribution < -0.4 is 5.73 Å². The highest BCUT2D eigenvalue weighted by Gasteiger charge is 2.16. The molecule has 0 aromatic rings. The van der Waals surface area contributed by atoms with Crippen LogP contribution in [0.4, 0.5) is 0 Å². The third-order valence-corrected chi connectivity index (χ3v) is 4.80. The van der Waals surface area contributed by atoms with E-state index in [1.807, 2.05) is 27.7 Å². The second-order valence-corrected chi connectivity index (χ2v) is 10.4. The third-order valence-electron chi connectivity index (χ3n) is 2.34. The van der Waals surface area contributed by atoms with Crippen molar-refractivity contribution in [2.75, 3.05) is 0 Å². The number of hydrogen-bond donors (Lipinski definition) is 2. The van der Waals surface area contributed by atoms with Crippen molar-refractivity contribution in [1.82, 2.24) is 0 Å². The van der Waals surface area contributed by atoms with E-state index in [-0.39, 0.29) is 12.2 Å². The summed E-state index contributed by atoms with van der Waals surface area (Å²) in [5, 5.41) is 0. The largest absolute Gasteiger partial charge is 0.328 e. The fourth-order valence-electron chi connectivity index (χ4n) is 1.69. The monoisotopic (exact) mass is 313 g/mol. The summed E-state index contributed by atoms with van der Waals surface area (Å²) in [7, 11) is 0. The topological polar surface area (TPSA) is 44.5 Å². The molecule has 0 saturated heterocycles. The van der Waals surface area contributed by atoms with Gasteiger partial charge in [0.15, 0.2) is 0 Å². The van der Waals surface area contributed by atoms with Crippen LogP contribution in [0.5, 0.6) is 0 Å². The lowest BCUT2D eigenvalue weighted by Gasteiger charge is -2.20. The standard InChI is InChI=1S/C6H13N.C6H15O2PS2/c7-6-4-2-1-3-5-6;1-5(2)7-9(10,11)8-6(3)4/h6H,1-5,7H2;5-6H,1-4H3,(H,10,11). The molecule has 0 unspecified atom stereocenters. The molecule has 0 heterocycles. The molecule has 2 N–H and O–H groups in total. The Bertz CT molecular complexity index is 242. The Morgan fingerprint density at radius 2 is 1.44 bits per heavy atom. The summed E-state index contributed by atoms with van der Waals surface area (Å²) in [6.45, 7) is 7.67. The molecule has 1 fully saturated rings. The molecule has 110 valence electrons. The highest BCUT2D eigenvalue weighted by atomic mass is 32.9. The molecule has 0 atom stereocenters. The summed E-state index contributed by atoms with van der Waals surface area (Å²) in [5.41, 5.74) is 3.36. The van der Waals surface area contributed by atoms with E-state index in [9.17, 15) is 0 Å². The second kappa shape index (κ2) is 9.73. The first kappa shape index (κ1) is 18.9. The molecular weight excluding hydrogens is 285 g/mol. The molecule has 0 amide bonds. The van der Waals surface area contributed by atoms with E-state index in [4.69, 9.17) is 26.6 Å². The van der Waals surface area contributed by atoms with Gasteiger partial charge in [0.2, 0.25) is 5.69 Å². The predicted octanol–water partition coefficient (Wildman–Crippen LogP) is 4.27. The van der Waals surface area contributed by atoms with Crippen LogP contribution in [-0.4, -0.2) is 18.2 Å². The molecule has 0 aliphatic heterocycles. The molecule has 0 aromatic heterocycles. The molecule has 1 rings (SSSR count). The number of nitrogens with two attached hydrogens (primary N) is 1. The van der Waals surface area contributed by atoms with Crippen molar-refractivity contribution >= 4 is 29.7 Å². The lowest BCUT2D eigenvalue weighted by molar-refractivity contribution is 0.186. The number of thiol groups is 1. The van der Waals surface area contributed by atoms with Gasteiger partial charge in [0.25, 0.3) is 0 Å². The summed E-state index contributed by atoms with van der Waals surface area (Å²) in [6, 6.07) is 0.536. The van der Waals surface area contributed by atoms with Gasteiger partial charge < -0.3 is 14.8 Å². The van der Waals surface area contributed by atoms with E-state index in [1.165, 1.54) is 32.1 Å². The Morgan fingerprint density at radius 1 is 1.06 bits per heavy atom. The minimum Gasteiger partial charge on any atom is -0.328 e. The summed E-state index contributed by atoms with van der Waals surface area (Å²) >= 11 is 9.17. The first-order valence-electron chi connectivity index (χ1n) is 6.68. The van der Waals surface area contributed by atoms with Crippen molar-refractivity contribution < 1.29 is 9.05 Å². The molecule has 1 aliphatic rings. The van der Waals surface area contributed by atoms with Gasteiger partial charge in [-0.15, -0.1) is 0 Å². The summed E-state index contributed by atoms with van der Waals surface area (Å²) in [5.74, 6) is 0. The van der Waals surface area contributed by atoms with Crippen LogP contribution in [0.15, 0.2) is 0 Å². The first-order valence-corrected chi connectivity index (χ1v) is 10.5. The lowest BCUT2D eigenvalue weighted by atomic mass is 9.97. The van der Waals surface area contributed by atoms with Crippen LogP contribution in [0.25, 0.3) is 0 Å². The Labute approximate surface area is 123 Å². The van der Waals surface area contributed by atoms with Gasteiger partial charge in [-0.3, -0.25) is 0 Å². The average Bonchev–Trinajstić information content (AvgIpc) is 2.14. The van der Waals surface area contributed by atoms with Crippen LogP contribution in [0.3, 0.4) is 0 Å². The van der Waals surface area contributed by atoms with Gasteiger partial charge in [-0.1, -0.05) is 31.5 Å². The lowest BCUT2D eigenvalue weighted by Crippen LogP contribution is -2.22. The maximum Gasteiger partial charge on any atom is 0.244 e. The van der Waals surface area contributed by atoms with Crippen molar-refractivity contribution in [1.29, 1.82) is 0 Å². The van der Waals surface area contributed by atoms with Gasteiger partial charge in [-0.05, 0) is 52.3 Å². The van der Waals surface area contributed by atoms with Crippen molar-refractivity contribution in [2.24, 2.45) is 5.73 Å². The maximum absolute atomic E-state index is 5.63. The molecule has 0 spiro atoms. The average molecular weight is 313 g/mol. The predicted molar refractivity (Wildman–Crippen MR) is 86.8 cm³/mol. The van der Waals surface area contributed by atoms with Crippen LogP contribution in [0.2, 0.25) is 0 Å². The van der Waals surface area contributed by atoms with Crippen molar-refractivity contribution in [2.45, 2.75) is 78.0 Å². The molecular formula is C12H28NO2PS2. The zero-order chi connectivity index (χ0) is 14.2. The van der Waals surface area contributed by atoms with E-state index in [1.54, 1.807) is 0 Å².